The van der Waals surface area contributed by atoms with E-state index < -0.39 is 43.7 Å². The predicted molar refractivity (Wildman–Crippen MR) is 52.0 cm³/mol. The smallest absolute Gasteiger partial charge is 0.335 e. The van der Waals surface area contributed by atoms with Gasteiger partial charge in [-0.05, 0) is 0 Å². The lowest BCUT2D eigenvalue weighted by Crippen LogP contribution is -2.51. The van der Waals surface area contributed by atoms with Crippen molar-refractivity contribution in [2.45, 2.75) is 18.8 Å². The van der Waals surface area contributed by atoms with Crippen molar-refractivity contribution in [1.29, 1.82) is 0 Å². The zero-order chi connectivity index (χ0) is 15.4. The standard InChI is InChI=1S/C8H8BrF8NO/c9-1-2-18(3-4(10)11)6(19)5(7(12,13)14)8(15,16)17/h4-5H,1-3H2. The van der Waals surface area contributed by atoms with Crippen LogP contribution in [0.4, 0.5) is 35.1 Å². The van der Waals surface area contributed by atoms with Crippen molar-refractivity contribution in [3.8, 4) is 0 Å². The molecule has 0 spiro atoms. The molecule has 1 amide bonds. The minimum Gasteiger partial charge on any atom is -0.335 e. The topological polar surface area (TPSA) is 20.3 Å². The van der Waals surface area contributed by atoms with Crippen molar-refractivity contribution in [3.63, 3.8) is 0 Å². The molecule has 0 aromatic rings. The highest BCUT2D eigenvalue weighted by atomic mass is 79.9. The van der Waals surface area contributed by atoms with Crippen LogP contribution in [-0.4, -0.2) is 48.0 Å². The molecule has 114 valence electrons. The summed E-state index contributed by atoms with van der Waals surface area (Å²) in [4.78, 5) is 11.0. The van der Waals surface area contributed by atoms with Crippen molar-refractivity contribution >= 4 is 21.8 Å². The maximum Gasteiger partial charge on any atom is 0.409 e. The molecule has 0 aliphatic rings. The Morgan fingerprint density at radius 3 is 1.74 bits per heavy atom. The van der Waals surface area contributed by atoms with Gasteiger partial charge in [0, 0.05) is 11.9 Å². The maximum atomic E-state index is 12.2. The summed E-state index contributed by atoms with van der Waals surface area (Å²) < 4.78 is 97.5. The van der Waals surface area contributed by atoms with Crippen LogP contribution in [-0.2, 0) is 4.79 Å². The van der Waals surface area contributed by atoms with Gasteiger partial charge in [-0.3, -0.25) is 4.79 Å². The number of hydrogen-bond donors (Lipinski definition) is 0. The molecule has 0 bridgehead atoms. The number of rotatable bonds is 5. The molecule has 0 saturated carbocycles. The molecule has 0 saturated heterocycles. The van der Waals surface area contributed by atoms with E-state index >= 15 is 0 Å². The van der Waals surface area contributed by atoms with Gasteiger partial charge >= 0.3 is 12.4 Å². The number of amides is 1. The molecular weight excluding hydrogens is 358 g/mol. The first kappa shape index (κ1) is 18.4. The predicted octanol–water partition coefficient (Wildman–Crippen LogP) is 3.22. The molecule has 0 aromatic carbocycles. The minimum absolute atomic E-state index is 0.162. The van der Waals surface area contributed by atoms with E-state index in [-0.39, 0.29) is 10.2 Å². The normalized spacial score (nSPS) is 13.2. The Kier molecular flexibility index (Phi) is 6.49. The SMILES string of the molecule is O=C(C(C(F)(F)F)C(F)(F)F)N(CCBr)CC(F)F. The number of alkyl halides is 9. The molecule has 0 fully saturated rings. The monoisotopic (exact) mass is 365 g/mol. The fourth-order valence-electron chi connectivity index (χ4n) is 1.21. The lowest BCUT2D eigenvalue weighted by atomic mass is 10.1. The van der Waals surface area contributed by atoms with Gasteiger partial charge in [0.05, 0.1) is 6.54 Å². The van der Waals surface area contributed by atoms with Crippen LogP contribution >= 0.6 is 15.9 Å². The van der Waals surface area contributed by atoms with Gasteiger partial charge in [0.2, 0.25) is 11.8 Å². The molecule has 19 heavy (non-hydrogen) atoms. The molecule has 0 aliphatic heterocycles. The van der Waals surface area contributed by atoms with E-state index in [1.54, 1.807) is 0 Å². The van der Waals surface area contributed by atoms with Crippen LogP contribution in [0.1, 0.15) is 0 Å². The third kappa shape index (κ3) is 5.91. The number of carbonyl (C=O) groups excluding carboxylic acids is 1. The summed E-state index contributed by atoms with van der Waals surface area (Å²) in [5.41, 5.74) is 0. The van der Waals surface area contributed by atoms with Crippen LogP contribution < -0.4 is 0 Å². The average molecular weight is 366 g/mol. The Hall–Kier alpha value is -0.610. The van der Waals surface area contributed by atoms with E-state index in [2.05, 4.69) is 15.9 Å². The van der Waals surface area contributed by atoms with Crippen molar-refractivity contribution in [2.75, 3.05) is 18.4 Å². The van der Waals surface area contributed by atoms with Crippen LogP contribution in [0.25, 0.3) is 0 Å². The van der Waals surface area contributed by atoms with Gasteiger partial charge in [0.25, 0.3) is 6.43 Å². The summed E-state index contributed by atoms with van der Waals surface area (Å²) in [5.74, 6) is -6.72. The van der Waals surface area contributed by atoms with Crippen molar-refractivity contribution in [1.82, 2.24) is 4.90 Å². The fraction of sp³-hybridized carbons (Fsp3) is 0.875. The molecule has 0 aromatic heterocycles. The van der Waals surface area contributed by atoms with Gasteiger partial charge in [-0.1, -0.05) is 15.9 Å². The van der Waals surface area contributed by atoms with Crippen LogP contribution in [0.3, 0.4) is 0 Å². The summed E-state index contributed by atoms with van der Waals surface area (Å²) in [5, 5.41) is -0.228. The quantitative estimate of drug-likeness (QED) is 0.541. The number of halogens is 9. The highest BCUT2D eigenvalue weighted by molar-refractivity contribution is 9.09. The van der Waals surface area contributed by atoms with E-state index in [0.29, 0.717) is 0 Å². The van der Waals surface area contributed by atoms with Gasteiger partial charge in [-0.15, -0.1) is 0 Å². The Labute approximate surface area is 110 Å². The lowest BCUT2D eigenvalue weighted by molar-refractivity contribution is -0.277. The second-order valence-electron chi connectivity index (χ2n) is 3.38. The molecule has 0 N–H and O–H groups in total. The first-order chi connectivity index (χ1) is 8.41. The van der Waals surface area contributed by atoms with Crippen molar-refractivity contribution in [2.24, 2.45) is 5.92 Å². The fourth-order valence-corrected chi connectivity index (χ4v) is 1.64. The van der Waals surface area contributed by atoms with Crippen LogP contribution in [0.2, 0.25) is 0 Å². The zero-order valence-corrected chi connectivity index (χ0v) is 10.6. The molecule has 11 heteroatoms. The molecule has 0 heterocycles. The number of hydrogen-bond acceptors (Lipinski definition) is 1. The second-order valence-corrected chi connectivity index (χ2v) is 4.17. The van der Waals surface area contributed by atoms with Gasteiger partial charge in [0.1, 0.15) is 0 Å². The van der Waals surface area contributed by atoms with Gasteiger partial charge in [-0.25, -0.2) is 8.78 Å². The number of nitrogens with zero attached hydrogens (tertiary/aromatic N) is 1. The first-order valence-electron chi connectivity index (χ1n) is 4.67. The van der Waals surface area contributed by atoms with Gasteiger partial charge in [0.15, 0.2) is 0 Å². The third-order valence-electron chi connectivity index (χ3n) is 1.93. The molecular formula is C8H8BrF8NO. The summed E-state index contributed by atoms with van der Waals surface area (Å²) in [6, 6.07) is 0. The van der Waals surface area contributed by atoms with E-state index in [9.17, 15) is 39.9 Å². The first-order valence-corrected chi connectivity index (χ1v) is 5.79. The van der Waals surface area contributed by atoms with Crippen LogP contribution in [0.15, 0.2) is 0 Å². The Bertz CT molecular complexity index is 288. The van der Waals surface area contributed by atoms with E-state index in [1.807, 2.05) is 0 Å². The third-order valence-corrected chi connectivity index (χ3v) is 2.28. The minimum atomic E-state index is -5.89. The van der Waals surface area contributed by atoms with Crippen LogP contribution in [0.5, 0.6) is 0 Å². The summed E-state index contributed by atoms with van der Waals surface area (Å²) >= 11 is 2.66. The summed E-state index contributed by atoms with van der Waals surface area (Å²) in [6.45, 7) is -2.18. The zero-order valence-electron chi connectivity index (χ0n) is 9.03. The maximum absolute atomic E-state index is 12.2. The van der Waals surface area contributed by atoms with Gasteiger partial charge < -0.3 is 4.90 Å². The molecule has 2 nitrogen and oxygen atoms in total. The summed E-state index contributed by atoms with van der Waals surface area (Å²) in [6.07, 6.45) is -15.0. The molecule has 0 unspecified atom stereocenters. The van der Waals surface area contributed by atoms with E-state index in [4.69, 9.17) is 0 Å². The molecule has 0 rings (SSSR count). The van der Waals surface area contributed by atoms with Crippen molar-refractivity contribution in [3.05, 3.63) is 0 Å². The summed E-state index contributed by atoms with van der Waals surface area (Å²) in [7, 11) is 0. The molecule has 0 aliphatic carbocycles. The largest absolute Gasteiger partial charge is 0.409 e. The van der Waals surface area contributed by atoms with Gasteiger partial charge in [-0.2, -0.15) is 26.3 Å². The Morgan fingerprint density at radius 1 is 1.05 bits per heavy atom. The van der Waals surface area contributed by atoms with Crippen molar-refractivity contribution < 1.29 is 39.9 Å². The highest BCUT2D eigenvalue weighted by Gasteiger charge is 2.62. The van der Waals surface area contributed by atoms with E-state index in [1.165, 1.54) is 0 Å². The average Bonchev–Trinajstić information content (AvgIpc) is 2.11. The Balaban J connectivity index is 5.25. The second kappa shape index (κ2) is 6.71. The molecule has 0 atom stereocenters. The molecule has 0 radical (unpaired) electrons. The highest BCUT2D eigenvalue weighted by Crippen LogP contribution is 2.40. The lowest BCUT2D eigenvalue weighted by Gasteiger charge is -2.29. The number of carbonyl (C=O) groups is 1. The van der Waals surface area contributed by atoms with E-state index in [0.717, 1.165) is 0 Å². The Morgan fingerprint density at radius 2 is 1.47 bits per heavy atom. The van der Waals surface area contributed by atoms with Crippen LogP contribution in [0, 0.1) is 5.92 Å².